The molecule has 2 rings (SSSR count). The SMILES string of the molecule is Cc1nc2ccc(F)c(CC=O)c2nc1NC(C)C. The van der Waals surface area contributed by atoms with Gasteiger partial charge in [-0.3, -0.25) is 0 Å². The highest BCUT2D eigenvalue weighted by atomic mass is 19.1. The number of aromatic nitrogens is 2. The molecule has 0 amide bonds. The summed E-state index contributed by atoms with van der Waals surface area (Å²) in [5.74, 6) is 0.202. The molecule has 0 aliphatic rings. The monoisotopic (exact) mass is 261 g/mol. The Hall–Kier alpha value is -2.04. The lowest BCUT2D eigenvalue weighted by molar-refractivity contribution is -0.107. The zero-order valence-electron chi connectivity index (χ0n) is 11.2. The van der Waals surface area contributed by atoms with Gasteiger partial charge in [-0.1, -0.05) is 0 Å². The fraction of sp³-hybridized carbons (Fsp3) is 0.357. The van der Waals surface area contributed by atoms with Gasteiger partial charge in [-0.2, -0.15) is 0 Å². The molecule has 0 aliphatic heterocycles. The normalized spacial score (nSPS) is 11.0. The maximum absolute atomic E-state index is 13.8. The van der Waals surface area contributed by atoms with Crippen LogP contribution in [0.2, 0.25) is 0 Å². The van der Waals surface area contributed by atoms with E-state index in [0.29, 0.717) is 28.7 Å². The molecule has 0 atom stereocenters. The van der Waals surface area contributed by atoms with E-state index in [1.165, 1.54) is 6.07 Å². The van der Waals surface area contributed by atoms with Crippen LogP contribution < -0.4 is 5.32 Å². The minimum absolute atomic E-state index is 0.00202. The van der Waals surface area contributed by atoms with Gasteiger partial charge < -0.3 is 10.1 Å². The first-order chi connectivity index (χ1) is 9.02. The largest absolute Gasteiger partial charge is 0.366 e. The van der Waals surface area contributed by atoms with Crippen LogP contribution in [0.15, 0.2) is 12.1 Å². The van der Waals surface area contributed by atoms with Gasteiger partial charge in [0.1, 0.15) is 17.9 Å². The number of rotatable bonds is 4. The third-order valence-corrected chi connectivity index (χ3v) is 2.77. The predicted molar refractivity (Wildman–Crippen MR) is 72.8 cm³/mol. The van der Waals surface area contributed by atoms with Gasteiger partial charge in [0.25, 0.3) is 0 Å². The summed E-state index contributed by atoms with van der Waals surface area (Å²) in [7, 11) is 0. The lowest BCUT2D eigenvalue weighted by Gasteiger charge is -2.13. The molecule has 0 saturated heterocycles. The van der Waals surface area contributed by atoms with E-state index in [1.54, 1.807) is 6.07 Å². The maximum Gasteiger partial charge on any atom is 0.148 e. The molecule has 19 heavy (non-hydrogen) atoms. The first-order valence-corrected chi connectivity index (χ1v) is 6.18. The van der Waals surface area contributed by atoms with Crippen LogP contribution in [0, 0.1) is 12.7 Å². The summed E-state index contributed by atoms with van der Waals surface area (Å²) >= 11 is 0. The standard InChI is InChI=1S/C14H16FN3O/c1-8(2)16-14-9(3)17-12-5-4-11(15)10(6-7-19)13(12)18-14/h4-5,7-8H,6H2,1-3H3,(H,16,18). The van der Waals surface area contributed by atoms with Crippen molar-refractivity contribution in [3.8, 4) is 0 Å². The zero-order chi connectivity index (χ0) is 14.0. The summed E-state index contributed by atoms with van der Waals surface area (Å²) in [5, 5.41) is 3.17. The number of nitrogens with one attached hydrogen (secondary N) is 1. The smallest absolute Gasteiger partial charge is 0.148 e. The van der Waals surface area contributed by atoms with E-state index >= 15 is 0 Å². The Morgan fingerprint density at radius 3 is 2.74 bits per heavy atom. The molecule has 0 aliphatic carbocycles. The summed E-state index contributed by atoms with van der Waals surface area (Å²) in [6.45, 7) is 5.83. The average Bonchev–Trinajstić information content (AvgIpc) is 2.34. The number of carbonyl (C=O) groups is 1. The number of benzene rings is 1. The van der Waals surface area contributed by atoms with Crippen LogP contribution in [0.4, 0.5) is 10.2 Å². The highest BCUT2D eigenvalue weighted by Crippen LogP contribution is 2.22. The number of anilines is 1. The molecular formula is C14H16FN3O. The number of aldehydes is 1. The summed E-state index contributed by atoms with van der Waals surface area (Å²) in [5.41, 5.74) is 2.10. The zero-order valence-corrected chi connectivity index (χ0v) is 11.2. The number of aryl methyl sites for hydroxylation is 1. The van der Waals surface area contributed by atoms with Gasteiger partial charge in [-0.15, -0.1) is 0 Å². The van der Waals surface area contributed by atoms with Gasteiger partial charge in [0, 0.05) is 18.0 Å². The molecule has 0 spiro atoms. The summed E-state index contributed by atoms with van der Waals surface area (Å²) < 4.78 is 13.8. The Bertz CT molecular complexity index is 626. The second kappa shape index (κ2) is 5.30. The Morgan fingerprint density at radius 2 is 2.11 bits per heavy atom. The van der Waals surface area contributed by atoms with Crippen molar-refractivity contribution in [3.05, 3.63) is 29.2 Å². The van der Waals surface area contributed by atoms with Crippen LogP contribution in [0.1, 0.15) is 25.1 Å². The fourth-order valence-corrected chi connectivity index (χ4v) is 1.93. The van der Waals surface area contributed by atoms with E-state index in [9.17, 15) is 9.18 Å². The Labute approximate surface area is 111 Å². The van der Waals surface area contributed by atoms with Crippen molar-refractivity contribution < 1.29 is 9.18 Å². The van der Waals surface area contributed by atoms with Crippen molar-refractivity contribution in [1.29, 1.82) is 0 Å². The van der Waals surface area contributed by atoms with E-state index in [1.807, 2.05) is 20.8 Å². The molecule has 4 nitrogen and oxygen atoms in total. The summed E-state index contributed by atoms with van der Waals surface area (Å²) in [6.07, 6.45) is 0.678. The Balaban J connectivity index is 2.66. The van der Waals surface area contributed by atoms with E-state index in [-0.39, 0.29) is 12.5 Å². The average molecular weight is 261 g/mol. The van der Waals surface area contributed by atoms with Gasteiger partial charge >= 0.3 is 0 Å². The van der Waals surface area contributed by atoms with Crippen LogP contribution in [0.5, 0.6) is 0 Å². The maximum atomic E-state index is 13.8. The van der Waals surface area contributed by atoms with E-state index in [0.717, 1.165) is 5.69 Å². The molecular weight excluding hydrogens is 245 g/mol. The lowest BCUT2D eigenvalue weighted by Crippen LogP contribution is -2.13. The Morgan fingerprint density at radius 1 is 1.37 bits per heavy atom. The van der Waals surface area contributed by atoms with Crippen molar-refractivity contribution >= 4 is 23.1 Å². The van der Waals surface area contributed by atoms with Crippen LogP contribution in [0.3, 0.4) is 0 Å². The molecule has 0 unspecified atom stereocenters. The molecule has 1 aromatic heterocycles. The minimum atomic E-state index is -0.423. The van der Waals surface area contributed by atoms with Crippen LogP contribution in [-0.4, -0.2) is 22.3 Å². The minimum Gasteiger partial charge on any atom is -0.366 e. The van der Waals surface area contributed by atoms with Crippen molar-refractivity contribution in [1.82, 2.24) is 9.97 Å². The third-order valence-electron chi connectivity index (χ3n) is 2.77. The molecule has 0 radical (unpaired) electrons. The van der Waals surface area contributed by atoms with Gasteiger partial charge in [-0.25, -0.2) is 14.4 Å². The third kappa shape index (κ3) is 2.70. The molecule has 0 fully saturated rings. The molecule has 0 saturated carbocycles. The van der Waals surface area contributed by atoms with Gasteiger partial charge in [0.05, 0.1) is 16.7 Å². The van der Waals surface area contributed by atoms with Crippen LogP contribution in [-0.2, 0) is 11.2 Å². The van der Waals surface area contributed by atoms with Crippen molar-refractivity contribution in [2.75, 3.05) is 5.32 Å². The van der Waals surface area contributed by atoms with E-state index < -0.39 is 5.82 Å². The number of nitrogens with zero attached hydrogens (tertiary/aromatic N) is 2. The molecule has 1 aromatic carbocycles. The number of hydrogen-bond acceptors (Lipinski definition) is 4. The molecule has 1 heterocycles. The van der Waals surface area contributed by atoms with E-state index in [2.05, 4.69) is 15.3 Å². The molecule has 1 N–H and O–H groups in total. The lowest BCUT2D eigenvalue weighted by atomic mass is 10.1. The first kappa shape index (κ1) is 13.4. The van der Waals surface area contributed by atoms with Crippen molar-refractivity contribution in [3.63, 3.8) is 0 Å². The van der Waals surface area contributed by atoms with E-state index in [4.69, 9.17) is 0 Å². The molecule has 100 valence electrons. The number of hydrogen-bond donors (Lipinski definition) is 1. The van der Waals surface area contributed by atoms with Gasteiger partial charge in [0.15, 0.2) is 0 Å². The fourth-order valence-electron chi connectivity index (χ4n) is 1.93. The highest BCUT2D eigenvalue weighted by Gasteiger charge is 2.13. The molecule has 2 aromatic rings. The van der Waals surface area contributed by atoms with Crippen molar-refractivity contribution in [2.45, 2.75) is 33.2 Å². The predicted octanol–water partition coefficient (Wildman–Crippen LogP) is 2.64. The van der Waals surface area contributed by atoms with Crippen LogP contribution in [0.25, 0.3) is 11.0 Å². The quantitative estimate of drug-likeness (QED) is 0.860. The first-order valence-electron chi connectivity index (χ1n) is 6.18. The van der Waals surface area contributed by atoms with Crippen LogP contribution >= 0.6 is 0 Å². The Kier molecular flexibility index (Phi) is 3.74. The summed E-state index contributed by atoms with van der Waals surface area (Å²) in [4.78, 5) is 19.5. The number of fused-ring (bicyclic) bond motifs is 1. The second-order valence-corrected chi connectivity index (χ2v) is 4.72. The van der Waals surface area contributed by atoms with Gasteiger partial charge in [0.2, 0.25) is 0 Å². The second-order valence-electron chi connectivity index (χ2n) is 4.72. The molecule has 0 bridgehead atoms. The van der Waals surface area contributed by atoms with Gasteiger partial charge in [-0.05, 0) is 32.9 Å². The topological polar surface area (TPSA) is 54.9 Å². The highest BCUT2D eigenvalue weighted by molar-refractivity contribution is 5.82. The molecule has 5 heteroatoms. The summed E-state index contributed by atoms with van der Waals surface area (Å²) in [6, 6.07) is 3.11. The van der Waals surface area contributed by atoms with Crippen molar-refractivity contribution in [2.24, 2.45) is 0 Å². The number of carbonyl (C=O) groups excluding carboxylic acids is 1. The number of halogens is 1.